The van der Waals surface area contributed by atoms with Crippen LogP contribution < -0.4 is 0 Å². The summed E-state index contributed by atoms with van der Waals surface area (Å²) in [4.78, 5) is 11.2. The third-order valence-electron chi connectivity index (χ3n) is 2.49. The molecule has 0 aliphatic heterocycles. The van der Waals surface area contributed by atoms with Crippen LogP contribution >= 0.6 is 0 Å². The fourth-order valence-electron chi connectivity index (χ4n) is 1.60. The van der Waals surface area contributed by atoms with Crippen LogP contribution in [0.2, 0.25) is 0 Å². The Morgan fingerprint density at radius 1 is 1.53 bits per heavy atom. The fourth-order valence-corrected chi connectivity index (χ4v) is 1.60. The van der Waals surface area contributed by atoms with E-state index in [1.54, 1.807) is 7.11 Å². The lowest BCUT2D eigenvalue weighted by atomic mass is 9.95. The predicted octanol–water partition coefficient (Wildman–Crippen LogP) is 2.09. The van der Waals surface area contributed by atoms with Crippen molar-refractivity contribution in [3.63, 3.8) is 0 Å². The van der Waals surface area contributed by atoms with E-state index in [9.17, 15) is 4.79 Å². The van der Waals surface area contributed by atoms with Crippen molar-refractivity contribution < 1.29 is 14.3 Å². The van der Waals surface area contributed by atoms with Gasteiger partial charge in [0.25, 0.3) is 0 Å². The molecular weight excluding hydrogens is 192 g/mol. The van der Waals surface area contributed by atoms with Crippen molar-refractivity contribution in [3.05, 3.63) is 23.8 Å². The quantitative estimate of drug-likeness (QED) is 0.515. The maximum Gasteiger partial charge on any atom is 0.312 e. The fraction of sp³-hybridized carbons (Fsp3) is 0.583. The number of esters is 1. The molecule has 0 saturated heterocycles. The molecule has 0 amide bonds. The zero-order chi connectivity index (χ0) is 11.1. The van der Waals surface area contributed by atoms with Gasteiger partial charge in [0.15, 0.2) is 0 Å². The molecule has 84 valence electrons. The first kappa shape index (κ1) is 12.0. The van der Waals surface area contributed by atoms with Gasteiger partial charge in [0.05, 0.1) is 13.0 Å². The van der Waals surface area contributed by atoms with Crippen LogP contribution in [0.4, 0.5) is 0 Å². The number of carbonyl (C=O) groups is 1. The Hall–Kier alpha value is -1.09. The van der Waals surface area contributed by atoms with Crippen LogP contribution in [0.5, 0.6) is 0 Å². The van der Waals surface area contributed by atoms with Crippen molar-refractivity contribution in [2.45, 2.75) is 19.3 Å². The molecule has 0 radical (unpaired) electrons. The van der Waals surface area contributed by atoms with E-state index in [-0.39, 0.29) is 11.9 Å². The zero-order valence-corrected chi connectivity index (χ0v) is 9.36. The smallest absolute Gasteiger partial charge is 0.312 e. The number of hydrogen-bond donors (Lipinski definition) is 0. The molecule has 15 heavy (non-hydrogen) atoms. The van der Waals surface area contributed by atoms with Crippen molar-refractivity contribution in [1.82, 2.24) is 0 Å². The zero-order valence-electron chi connectivity index (χ0n) is 9.36. The molecule has 0 aromatic rings. The maximum atomic E-state index is 11.2. The molecule has 3 nitrogen and oxygen atoms in total. The van der Waals surface area contributed by atoms with Crippen LogP contribution in [0.1, 0.15) is 19.3 Å². The molecule has 3 heteroatoms. The SMILES string of the molecule is COCCCC1=CCC(C(=O)OC)C=C1. The average Bonchev–Trinajstić information content (AvgIpc) is 2.29. The first-order chi connectivity index (χ1) is 7.27. The van der Waals surface area contributed by atoms with E-state index in [4.69, 9.17) is 4.74 Å². The van der Waals surface area contributed by atoms with E-state index in [1.807, 2.05) is 12.2 Å². The normalized spacial score (nSPS) is 19.9. The lowest BCUT2D eigenvalue weighted by Crippen LogP contribution is -2.14. The van der Waals surface area contributed by atoms with E-state index < -0.39 is 0 Å². The summed E-state index contributed by atoms with van der Waals surface area (Å²) in [5.41, 5.74) is 1.28. The molecule has 0 aromatic carbocycles. The van der Waals surface area contributed by atoms with Crippen LogP contribution in [-0.2, 0) is 14.3 Å². The molecule has 1 rings (SSSR count). The third-order valence-corrected chi connectivity index (χ3v) is 2.49. The first-order valence-electron chi connectivity index (χ1n) is 5.22. The maximum absolute atomic E-state index is 11.2. The van der Waals surface area contributed by atoms with Gasteiger partial charge in [0.2, 0.25) is 0 Å². The standard InChI is InChI=1S/C12H18O3/c1-14-9-3-4-10-5-7-11(8-6-10)12(13)15-2/h5-7,11H,3-4,8-9H2,1-2H3. The van der Waals surface area contributed by atoms with E-state index in [0.29, 0.717) is 0 Å². The number of ether oxygens (including phenoxy) is 2. The molecule has 1 unspecified atom stereocenters. The van der Waals surface area contributed by atoms with Crippen LogP contribution in [0.15, 0.2) is 23.8 Å². The molecule has 1 aliphatic carbocycles. The van der Waals surface area contributed by atoms with Gasteiger partial charge in [-0.3, -0.25) is 4.79 Å². The van der Waals surface area contributed by atoms with Crippen LogP contribution in [0, 0.1) is 5.92 Å². The lowest BCUT2D eigenvalue weighted by Gasteiger charge is -2.13. The summed E-state index contributed by atoms with van der Waals surface area (Å²) in [6.07, 6.45) is 8.84. The van der Waals surface area contributed by atoms with Gasteiger partial charge in [0, 0.05) is 13.7 Å². The summed E-state index contributed by atoms with van der Waals surface area (Å²) >= 11 is 0. The Labute approximate surface area is 90.8 Å². The minimum absolute atomic E-state index is 0.0961. The molecule has 0 aromatic heterocycles. The van der Waals surface area contributed by atoms with Gasteiger partial charge in [-0.25, -0.2) is 0 Å². The second-order valence-electron chi connectivity index (χ2n) is 3.60. The Morgan fingerprint density at radius 3 is 2.87 bits per heavy atom. The number of hydrogen-bond acceptors (Lipinski definition) is 3. The van der Waals surface area contributed by atoms with Gasteiger partial charge in [-0.1, -0.05) is 23.8 Å². The average molecular weight is 210 g/mol. The minimum atomic E-state index is -0.154. The molecule has 0 saturated carbocycles. The van der Waals surface area contributed by atoms with Gasteiger partial charge in [-0.05, 0) is 19.3 Å². The predicted molar refractivity (Wildman–Crippen MR) is 58.5 cm³/mol. The summed E-state index contributed by atoms with van der Waals surface area (Å²) in [6.45, 7) is 0.783. The summed E-state index contributed by atoms with van der Waals surface area (Å²) in [5.74, 6) is -0.250. The highest BCUT2D eigenvalue weighted by Crippen LogP contribution is 2.20. The van der Waals surface area contributed by atoms with Crippen molar-refractivity contribution in [2.24, 2.45) is 5.92 Å². The Bertz CT molecular complexity index is 266. The monoisotopic (exact) mass is 210 g/mol. The Morgan fingerprint density at radius 2 is 2.33 bits per heavy atom. The van der Waals surface area contributed by atoms with E-state index in [0.717, 1.165) is 25.9 Å². The van der Waals surface area contributed by atoms with Crippen LogP contribution in [0.25, 0.3) is 0 Å². The van der Waals surface area contributed by atoms with Gasteiger partial charge in [-0.2, -0.15) is 0 Å². The lowest BCUT2D eigenvalue weighted by molar-refractivity contribution is -0.143. The molecule has 0 heterocycles. The number of methoxy groups -OCH3 is 2. The molecular formula is C12H18O3. The minimum Gasteiger partial charge on any atom is -0.469 e. The Balaban J connectivity index is 2.33. The molecule has 1 atom stereocenters. The van der Waals surface area contributed by atoms with Crippen molar-refractivity contribution in [2.75, 3.05) is 20.8 Å². The molecule has 0 spiro atoms. The largest absolute Gasteiger partial charge is 0.469 e. The number of rotatable bonds is 5. The molecule has 0 bridgehead atoms. The third kappa shape index (κ3) is 3.88. The summed E-state index contributed by atoms with van der Waals surface area (Å²) < 4.78 is 9.67. The first-order valence-corrected chi connectivity index (χ1v) is 5.22. The highest BCUT2D eigenvalue weighted by Gasteiger charge is 2.17. The summed E-state index contributed by atoms with van der Waals surface area (Å²) in [6, 6.07) is 0. The van der Waals surface area contributed by atoms with E-state index in [1.165, 1.54) is 12.7 Å². The van der Waals surface area contributed by atoms with E-state index >= 15 is 0 Å². The molecule has 1 aliphatic rings. The summed E-state index contributed by atoms with van der Waals surface area (Å²) in [5, 5.41) is 0. The van der Waals surface area contributed by atoms with Gasteiger partial charge < -0.3 is 9.47 Å². The molecule has 0 fully saturated rings. The van der Waals surface area contributed by atoms with Crippen LogP contribution in [-0.4, -0.2) is 26.8 Å². The van der Waals surface area contributed by atoms with Crippen LogP contribution in [0.3, 0.4) is 0 Å². The van der Waals surface area contributed by atoms with Gasteiger partial charge in [-0.15, -0.1) is 0 Å². The second kappa shape index (κ2) is 6.40. The van der Waals surface area contributed by atoms with Crippen molar-refractivity contribution >= 4 is 5.97 Å². The second-order valence-corrected chi connectivity index (χ2v) is 3.60. The highest BCUT2D eigenvalue weighted by molar-refractivity contribution is 5.75. The van der Waals surface area contributed by atoms with E-state index in [2.05, 4.69) is 10.8 Å². The highest BCUT2D eigenvalue weighted by atomic mass is 16.5. The van der Waals surface area contributed by atoms with Crippen molar-refractivity contribution in [1.29, 1.82) is 0 Å². The van der Waals surface area contributed by atoms with Crippen molar-refractivity contribution in [3.8, 4) is 0 Å². The molecule has 0 N–H and O–H groups in total. The topological polar surface area (TPSA) is 35.5 Å². The Kier molecular flexibility index (Phi) is 5.12. The van der Waals surface area contributed by atoms with Gasteiger partial charge in [0.1, 0.15) is 0 Å². The van der Waals surface area contributed by atoms with Gasteiger partial charge >= 0.3 is 5.97 Å². The number of allylic oxidation sites excluding steroid dienone is 3. The number of carbonyl (C=O) groups excluding carboxylic acids is 1. The summed E-state index contributed by atoms with van der Waals surface area (Å²) in [7, 11) is 3.13.